The van der Waals surface area contributed by atoms with E-state index < -0.39 is 22.5 Å². The van der Waals surface area contributed by atoms with Crippen LogP contribution in [-0.2, 0) is 14.5 Å². The lowest BCUT2D eigenvalue weighted by Crippen LogP contribution is -2.31. The Bertz CT molecular complexity index is 270. The van der Waals surface area contributed by atoms with E-state index in [0.29, 0.717) is 0 Å². The Kier molecular flexibility index (Phi) is 1.77. The second-order valence-corrected chi connectivity index (χ2v) is 3.67. The molecular formula is C4H7NO5S. The Morgan fingerprint density at radius 3 is 2.45 bits per heavy atom. The molecule has 0 bridgehead atoms. The Balaban J connectivity index is 2.92. The van der Waals surface area contributed by atoms with Gasteiger partial charge in [-0.15, -0.1) is 0 Å². The third kappa shape index (κ3) is 1.43. The SMILES string of the molecule is C[C@@H]1CN(C(=O)O)S(=O)(=O)O1. The fourth-order valence-electron chi connectivity index (χ4n) is 0.789. The van der Waals surface area contributed by atoms with Crippen molar-refractivity contribution in [3.63, 3.8) is 0 Å². The van der Waals surface area contributed by atoms with Gasteiger partial charge in [-0.3, -0.25) is 0 Å². The zero-order valence-corrected chi connectivity index (χ0v) is 6.54. The second kappa shape index (κ2) is 2.35. The summed E-state index contributed by atoms with van der Waals surface area (Å²) in [5.41, 5.74) is 0. The summed E-state index contributed by atoms with van der Waals surface area (Å²) in [6.07, 6.45) is -2.09. The van der Waals surface area contributed by atoms with Gasteiger partial charge in [-0.2, -0.15) is 12.7 Å². The van der Waals surface area contributed by atoms with Gasteiger partial charge in [-0.25, -0.2) is 8.98 Å². The molecular weight excluding hydrogens is 174 g/mol. The van der Waals surface area contributed by atoms with Gasteiger partial charge in [-0.1, -0.05) is 0 Å². The van der Waals surface area contributed by atoms with Crippen LogP contribution in [0.5, 0.6) is 0 Å². The predicted octanol–water partition coefficient (Wildman–Crippen LogP) is -0.370. The molecule has 1 heterocycles. The maximum Gasteiger partial charge on any atom is 0.422 e. The van der Waals surface area contributed by atoms with Gasteiger partial charge in [0.2, 0.25) is 0 Å². The van der Waals surface area contributed by atoms with E-state index in [1.165, 1.54) is 6.92 Å². The smallest absolute Gasteiger partial charge is 0.422 e. The molecule has 1 N–H and O–H groups in total. The highest BCUT2D eigenvalue weighted by Gasteiger charge is 2.38. The van der Waals surface area contributed by atoms with Gasteiger partial charge in [0.05, 0.1) is 12.6 Å². The zero-order valence-electron chi connectivity index (χ0n) is 5.72. The predicted molar refractivity (Wildman–Crippen MR) is 34.2 cm³/mol. The molecule has 11 heavy (non-hydrogen) atoms. The second-order valence-electron chi connectivity index (χ2n) is 2.18. The van der Waals surface area contributed by atoms with Crippen LogP contribution in [0.15, 0.2) is 0 Å². The summed E-state index contributed by atoms with van der Waals surface area (Å²) >= 11 is 0. The monoisotopic (exact) mass is 181 g/mol. The van der Waals surface area contributed by atoms with Crippen molar-refractivity contribution in [1.29, 1.82) is 0 Å². The molecule has 7 heteroatoms. The van der Waals surface area contributed by atoms with Gasteiger partial charge in [0.25, 0.3) is 0 Å². The van der Waals surface area contributed by atoms with Crippen LogP contribution in [0.2, 0.25) is 0 Å². The van der Waals surface area contributed by atoms with E-state index in [4.69, 9.17) is 5.11 Å². The molecule has 0 radical (unpaired) electrons. The maximum absolute atomic E-state index is 10.7. The van der Waals surface area contributed by atoms with E-state index in [9.17, 15) is 13.2 Å². The standard InChI is InChI=1S/C4H7NO5S/c1-3-2-5(4(6)7)11(8,9)10-3/h3H,2H2,1H3,(H,6,7)/t3-/m1/s1. The van der Waals surface area contributed by atoms with E-state index in [0.717, 1.165) is 0 Å². The minimum Gasteiger partial charge on any atom is -0.464 e. The molecule has 6 nitrogen and oxygen atoms in total. The highest BCUT2D eigenvalue weighted by atomic mass is 32.2. The van der Waals surface area contributed by atoms with Gasteiger partial charge in [0.1, 0.15) is 0 Å². The molecule has 1 aliphatic rings. The average Bonchev–Trinajstić information content (AvgIpc) is 2.04. The number of hydrogen-bond acceptors (Lipinski definition) is 4. The van der Waals surface area contributed by atoms with Crippen LogP contribution in [0.4, 0.5) is 4.79 Å². The lowest BCUT2D eigenvalue weighted by Gasteiger charge is -2.05. The molecule has 0 spiro atoms. The van der Waals surface area contributed by atoms with Crippen molar-refractivity contribution in [1.82, 2.24) is 4.31 Å². The lowest BCUT2D eigenvalue weighted by atomic mass is 10.4. The maximum atomic E-state index is 10.7. The molecule has 1 amide bonds. The summed E-state index contributed by atoms with van der Waals surface area (Å²) in [5, 5.41) is 8.33. The highest BCUT2D eigenvalue weighted by Crippen LogP contribution is 2.16. The van der Waals surface area contributed by atoms with Crippen LogP contribution >= 0.6 is 0 Å². The first-order valence-corrected chi connectivity index (χ1v) is 4.24. The fraction of sp³-hybridized carbons (Fsp3) is 0.750. The van der Waals surface area contributed by atoms with Crippen LogP contribution in [-0.4, -0.2) is 36.6 Å². The van der Waals surface area contributed by atoms with E-state index in [1.807, 2.05) is 0 Å². The summed E-state index contributed by atoms with van der Waals surface area (Å²) < 4.78 is 26.1. The van der Waals surface area contributed by atoms with E-state index >= 15 is 0 Å². The van der Waals surface area contributed by atoms with Crippen LogP contribution in [0.25, 0.3) is 0 Å². The number of rotatable bonds is 0. The Labute approximate surface area is 63.6 Å². The highest BCUT2D eigenvalue weighted by molar-refractivity contribution is 7.85. The first-order chi connectivity index (χ1) is 4.93. The van der Waals surface area contributed by atoms with Crippen molar-refractivity contribution < 1.29 is 22.5 Å². The van der Waals surface area contributed by atoms with Crippen molar-refractivity contribution >= 4 is 16.4 Å². The zero-order chi connectivity index (χ0) is 8.65. The Morgan fingerprint density at radius 2 is 2.27 bits per heavy atom. The Hall–Kier alpha value is -0.820. The summed E-state index contributed by atoms with van der Waals surface area (Å²) in [7, 11) is -4.00. The summed E-state index contributed by atoms with van der Waals surface area (Å²) in [4.78, 5) is 10.2. The van der Waals surface area contributed by atoms with Crippen LogP contribution < -0.4 is 0 Å². The first kappa shape index (κ1) is 8.28. The average molecular weight is 181 g/mol. The molecule has 0 aromatic heterocycles. The molecule has 64 valence electrons. The van der Waals surface area contributed by atoms with Crippen molar-refractivity contribution in [2.75, 3.05) is 6.54 Å². The molecule has 1 fully saturated rings. The number of nitrogens with zero attached hydrogens (tertiary/aromatic N) is 1. The number of amides is 1. The lowest BCUT2D eigenvalue weighted by molar-refractivity contribution is 0.173. The van der Waals surface area contributed by atoms with E-state index in [-0.39, 0.29) is 10.8 Å². The number of carbonyl (C=O) groups is 1. The molecule has 0 aromatic rings. The molecule has 0 aliphatic carbocycles. The van der Waals surface area contributed by atoms with E-state index in [1.54, 1.807) is 0 Å². The van der Waals surface area contributed by atoms with Gasteiger partial charge >= 0.3 is 16.4 Å². The van der Waals surface area contributed by atoms with Crippen molar-refractivity contribution in [3.8, 4) is 0 Å². The quantitative estimate of drug-likeness (QED) is 0.551. The largest absolute Gasteiger partial charge is 0.464 e. The summed E-state index contributed by atoms with van der Waals surface area (Å²) in [6.45, 7) is 1.36. The molecule has 1 atom stereocenters. The minimum absolute atomic E-state index is 0.127. The van der Waals surface area contributed by atoms with Crippen LogP contribution in [0.1, 0.15) is 6.92 Å². The van der Waals surface area contributed by atoms with Gasteiger partial charge < -0.3 is 5.11 Å². The van der Waals surface area contributed by atoms with E-state index in [2.05, 4.69) is 4.18 Å². The third-order valence-corrected chi connectivity index (χ3v) is 2.61. The molecule has 0 unspecified atom stereocenters. The summed E-state index contributed by atoms with van der Waals surface area (Å²) in [6, 6.07) is 0. The molecule has 1 rings (SSSR count). The molecule has 1 aliphatic heterocycles. The van der Waals surface area contributed by atoms with Gasteiger partial charge in [-0.05, 0) is 6.92 Å². The first-order valence-electron chi connectivity index (χ1n) is 2.87. The van der Waals surface area contributed by atoms with Crippen molar-refractivity contribution in [3.05, 3.63) is 0 Å². The fourth-order valence-corrected chi connectivity index (χ4v) is 1.95. The molecule has 0 aromatic carbocycles. The van der Waals surface area contributed by atoms with Gasteiger partial charge in [0, 0.05) is 0 Å². The van der Waals surface area contributed by atoms with Crippen molar-refractivity contribution in [2.24, 2.45) is 0 Å². The van der Waals surface area contributed by atoms with Crippen LogP contribution in [0.3, 0.4) is 0 Å². The normalized spacial score (nSPS) is 28.8. The number of carboxylic acid groups (broad SMARTS) is 1. The third-order valence-electron chi connectivity index (χ3n) is 1.19. The van der Waals surface area contributed by atoms with Crippen LogP contribution in [0, 0.1) is 0 Å². The number of hydrogen-bond donors (Lipinski definition) is 1. The summed E-state index contributed by atoms with van der Waals surface area (Å²) in [5.74, 6) is 0. The molecule has 1 saturated heterocycles. The Morgan fingerprint density at radius 1 is 1.73 bits per heavy atom. The topological polar surface area (TPSA) is 83.9 Å². The molecule has 0 saturated carbocycles. The van der Waals surface area contributed by atoms with Gasteiger partial charge in [0.15, 0.2) is 0 Å². The van der Waals surface area contributed by atoms with Crippen molar-refractivity contribution in [2.45, 2.75) is 13.0 Å². The minimum atomic E-state index is -4.00.